The van der Waals surface area contributed by atoms with Crippen molar-refractivity contribution < 1.29 is 4.79 Å². The fourth-order valence-electron chi connectivity index (χ4n) is 3.95. The van der Waals surface area contributed by atoms with Gasteiger partial charge >= 0.3 is 0 Å². The molecule has 1 aromatic carbocycles. The summed E-state index contributed by atoms with van der Waals surface area (Å²) in [6.07, 6.45) is 12.1. The number of rotatable bonds is 8. The highest BCUT2D eigenvalue weighted by Gasteiger charge is 2.21. The molecule has 1 amide bonds. The van der Waals surface area contributed by atoms with Crippen LogP contribution in [0.15, 0.2) is 42.9 Å². The van der Waals surface area contributed by atoms with E-state index >= 15 is 0 Å². The summed E-state index contributed by atoms with van der Waals surface area (Å²) in [5.41, 5.74) is 8.27. The number of carbonyl (C=O) groups excluding carboxylic acids is 1. The third-order valence-corrected chi connectivity index (χ3v) is 5.61. The first kappa shape index (κ1) is 19.6. The van der Waals surface area contributed by atoms with Crippen molar-refractivity contribution in [1.82, 2.24) is 14.5 Å². The van der Waals surface area contributed by atoms with Gasteiger partial charge in [-0.25, -0.2) is 4.98 Å². The van der Waals surface area contributed by atoms with Crippen LogP contribution in [0.5, 0.6) is 0 Å². The van der Waals surface area contributed by atoms with E-state index in [1.807, 2.05) is 42.3 Å². The lowest BCUT2D eigenvalue weighted by Crippen LogP contribution is -2.43. The molecule has 27 heavy (non-hydrogen) atoms. The number of likely N-dealkylation sites (N-methyl/N-ethyl adjacent to an activating group) is 1. The summed E-state index contributed by atoms with van der Waals surface area (Å²) in [7, 11) is 1.87. The molecule has 146 valence electrons. The van der Waals surface area contributed by atoms with E-state index in [0.29, 0.717) is 6.42 Å². The minimum absolute atomic E-state index is 0.0171. The summed E-state index contributed by atoms with van der Waals surface area (Å²) in [4.78, 5) is 18.8. The topological polar surface area (TPSA) is 64.2 Å². The molecule has 0 aliphatic heterocycles. The maximum atomic E-state index is 12.6. The Kier molecular flexibility index (Phi) is 7.04. The summed E-state index contributed by atoms with van der Waals surface area (Å²) in [5.74, 6) is 0.794. The Morgan fingerprint density at radius 2 is 2.00 bits per heavy atom. The quantitative estimate of drug-likeness (QED) is 0.778. The van der Waals surface area contributed by atoms with Crippen molar-refractivity contribution in [3.8, 4) is 0 Å². The summed E-state index contributed by atoms with van der Waals surface area (Å²) in [5, 5.41) is 0. The SMILES string of the molecule is CN(CCC1CCCCC1)C(=O)[C@@H](N)Cc1cn(Cc2ccccc2)cn1. The molecule has 1 atom stereocenters. The van der Waals surface area contributed by atoms with Gasteiger partial charge in [-0.2, -0.15) is 0 Å². The van der Waals surface area contributed by atoms with Crippen LogP contribution in [-0.4, -0.2) is 40.0 Å². The largest absolute Gasteiger partial charge is 0.344 e. The zero-order valence-corrected chi connectivity index (χ0v) is 16.4. The Labute approximate surface area is 162 Å². The number of aromatic nitrogens is 2. The monoisotopic (exact) mass is 368 g/mol. The Bertz CT molecular complexity index is 706. The molecule has 1 aromatic heterocycles. The van der Waals surface area contributed by atoms with Gasteiger partial charge in [-0.05, 0) is 17.9 Å². The van der Waals surface area contributed by atoms with E-state index in [1.54, 1.807) is 4.90 Å². The molecule has 5 heteroatoms. The molecule has 1 heterocycles. The summed E-state index contributed by atoms with van der Waals surface area (Å²) >= 11 is 0. The van der Waals surface area contributed by atoms with E-state index in [1.165, 1.54) is 37.7 Å². The standard InChI is InChI=1S/C22H32N4O/c1-25(13-12-18-8-4-2-5-9-18)22(27)21(23)14-20-16-26(17-24-20)15-19-10-6-3-7-11-19/h3,6-7,10-11,16-18,21H,2,4-5,8-9,12-15,23H2,1H3/t21-/m0/s1. The van der Waals surface area contributed by atoms with Crippen LogP contribution in [0.3, 0.4) is 0 Å². The van der Waals surface area contributed by atoms with E-state index in [4.69, 9.17) is 5.73 Å². The predicted molar refractivity (Wildman–Crippen MR) is 108 cm³/mol. The zero-order valence-electron chi connectivity index (χ0n) is 16.4. The molecule has 3 rings (SSSR count). The van der Waals surface area contributed by atoms with Crippen LogP contribution in [0.25, 0.3) is 0 Å². The van der Waals surface area contributed by atoms with E-state index in [9.17, 15) is 4.79 Å². The van der Waals surface area contributed by atoms with Crippen molar-refractivity contribution in [3.05, 3.63) is 54.1 Å². The number of amides is 1. The fourth-order valence-corrected chi connectivity index (χ4v) is 3.95. The molecule has 1 fully saturated rings. The van der Waals surface area contributed by atoms with Crippen molar-refractivity contribution in [2.24, 2.45) is 11.7 Å². The van der Waals surface area contributed by atoms with Crippen molar-refractivity contribution in [1.29, 1.82) is 0 Å². The van der Waals surface area contributed by atoms with Gasteiger partial charge in [-0.1, -0.05) is 62.4 Å². The average Bonchev–Trinajstić information content (AvgIpc) is 3.13. The number of nitrogens with two attached hydrogens (primary N) is 1. The smallest absolute Gasteiger partial charge is 0.239 e. The van der Waals surface area contributed by atoms with Crippen LogP contribution in [-0.2, 0) is 17.8 Å². The zero-order chi connectivity index (χ0) is 19.1. The molecule has 0 bridgehead atoms. The maximum Gasteiger partial charge on any atom is 0.239 e. The molecular weight excluding hydrogens is 336 g/mol. The van der Waals surface area contributed by atoms with Gasteiger partial charge < -0.3 is 15.2 Å². The second-order valence-corrected chi connectivity index (χ2v) is 7.89. The minimum atomic E-state index is -0.526. The predicted octanol–water partition coefficient (Wildman–Crippen LogP) is 3.23. The van der Waals surface area contributed by atoms with Gasteiger partial charge in [0, 0.05) is 32.8 Å². The molecule has 1 saturated carbocycles. The first-order valence-electron chi connectivity index (χ1n) is 10.2. The number of carbonyl (C=O) groups is 1. The van der Waals surface area contributed by atoms with Gasteiger partial charge in [0.1, 0.15) is 0 Å². The molecule has 5 nitrogen and oxygen atoms in total. The molecule has 1 aliphatic carbocycles. The molecule has 0 spiro atoms. The second kappa shape index (κ2) is 9.70. The van der Waals surface area contributed by atoms with Crippen LogP contribution in [0.1, 0.15) is 49.8 Å². The first-order valence-corrected chi connectivity index (χ1v) is 10.2. The molecule has 0 unspecified atom stereocenters. The summed E-state index contributed by atoms with van der Waals surface area (Å²) in [6, 6.07) is 9.74. The van der Waals surface area contributed by atoms with Crippen LogP contribution in [0.4, 0.5) is 0 Å². The van der Waals surface area contributed by atoms with Crippen molar-refractivity contribution >= 4 is 5.91 Å². The lowest BCUT2D eigenvalue weighted by atomic mass is 9.87. The number of benzene rings is 1. The van der Waals surface area contributed by atoms with Crippen LogP contribution < -0.4 is 5.73 Å². The number of nitrogens with zero attached hydrogens (tertiary/aromatic N) is 3. The third kappa shape index (κ3) is 5.93. The third-order valence-electron chi connectivity index (χ3n) is 5.61. The maximum absolute atomic E-state index is 12.6. The normalized spacial score (nSPS) is 16.2. The molecular formula is C22H32N4O. The van der Waals surface area contributed by atoms with Crippen molar-refractivity contribution in [2.75, 3.05) is 13.6 Å². The lowest BCUT2D eigenvalue weighted by Gasteiger charge is -2.26. The van der Waals surface area contributed by atoms with E-state index < -0.39 is 6.04 Å². The van der Waals surface area contributed by atoms with Gasteiger partial charge in [-0.3, -0.25) is 4.79 Å². The van der Waals surface area contributed by atoms with Gasteiger partial charge in [-0.15, -0.1) is 0 Å². The highest BCUT2D eigenvalue weighted by Crippen LogP contribution is 2.26. The van der Waals surface area contributed by atoms with Crippen molar-refractivity contribution in [2.45, 2.75) is 57.5 Å². The summed E-state index contributed by atoms with van der Waals surface area (Å²) < 4.78 is 2.04. The highest BCUT2D eigenvalue weighted by atomic mass is 16.2. The Balaban J connectivity index is 1.46. The van der Waals surface area contributed by atoms with Crippen LogP contribution in [0.2, 0.25) is 0 Å². The summed E-state index contributed by atoms with van der Waals surface area (Å²) in [6.45, 7) is 1.58. The Morgan fingerprint density at radius 1 is 1.26 bits per heavy atom. The van der Waals surface area contributed by atoms with Gasteiger partial charge in [0.25, 0.3) is 0 Å². The van der Waals surface area contributed by atoms with Gasteiger partial charge in [0.2, 0.25) is 5.91 Å². The minimum Gasteiger partial charge on any atom is -0.344 e. The first-order chi connectivity index (χ1) is 13.1. The van der Waals surface area contributed by atoms with Crippen molar-refractivity contribution in [3.63, 3.8) is 0 Å². The molecule has 0 radical (unpaired) electrons. The molecule has 2 aromatic rings. The average molecular weight is 369 g/mol. The molecule has 0 saturated heterocycles. The van der Waals surface area contributed by atoms with Crippen LogP contribution in [0, 0.1) is 5.92 Å². The Hall–Kier alpha value is -2.14. The van der Waals surface area contributed by atoms with E-state index in [0.717, 1.165) is 31.1 Å². The number of hydrogen-bond acceptors (Lipinski definition) is 3. The second-order valence-electron chi connectivity index (χ2n) is 7.89. The van der Waals surface area contributed by atoms with Gasteiger partial charge in [0.15, 0.2) is 0 Å². The number of imidazole rings is 1. The number of hydrogen-bond donors (Lipinski definition) is 1. The van der Waals surface area contributed by atoms with E-state index in [-0.39, 0.29) is 5.91 Å². The molecule has 1 aliphatic rings. The fraction of sp³-hybridized carbons (Fsp3) is 0.545. The lowest BCUT2D eigenvalue weighted by molar-refractivity contribution is -0.131. The van der Waals surface area contributed by atoms with Gasteiger partial charge in [0.05, 0.1) is 18.1 Å². The van der Waals surface area contributed by atoms with E-state index in [2.05, 4.69) is 17.1 Å². The van der Waals surface area contributed by atoms with Crippen LogP contribution >= 0.6 is 0 Å². The Morgan fingerprint density at radius 3 is 2.74 bits per heavy atom. The highest BCUT2D eigenvalue weighted by molar-refractivity contribution is 5.81. The molecule has 2 N–H and O–H groups in total.